The number of ether oxygens (including phenoxy) is 1. The van der Waals surface area contributed by atoms with Crippen molar-refractivity contribution in [1.29, 1.82) is 0 Å². The molecular weight excluding hydrogens is 334 g/mol. The fourth-order valence-electron chi connectivity index (χ4n) is 3.51. The van der Waals surface area contributed by atoms with Gasteiger partial charge in [0, 0.05) is 12.2 Å². The zero-order chi connectivity index (χ0) is 18.6. The van der Waals surface area contributed by atoms with Gasteiger partial charge in [0.25, 0.3) is 5.91 Å². The number of aryl methyl sites for hydroxylation is 2. The summed E-state index contributed by atoms with van der Waals surface area (Å²) in [6, 6.07) is 24.5. The number of fused-ring (bicyclic) bond motifs is 1. The molecule has 0 radical (unpaired) electrons. The summed E-state index contributed by atoms with van der Waals surface area (Å²) in [6.45, 7) is 2.89. The van der Waals surface area contributed by atoms with Crippen LogP contribution in [0.3, 0.4) is 0 Å². The Morgan fingerprint density at radius 1 is 0.926 bits per heavy atom. The lowest BCUT2D eigenvalue weighted by Crippen LogP contribution is -2.38. The lowest BCUT2D eigenvalue weighted by Gasteiger charge is -2.29. The van der Waals surface area contributed by atoms with Crippen molar-refractivity contribution in [3.8, 4) is 16.9 Å². The van der Waals surface area contributed by atoms with Crippen molar-refractivity contribution in [2.45, 2.75) is 19.8 Å². The van der Waals surface area contributed by atoms with Crippen LogP contribution in [-0.4, -0.2) is 19.1 Å². The summed E-state index contributed by atoms with van der Waals surface area (Å²) in [6.07, 6.45) is 2.02. The van der Waals surface area contributed by atoms with E-state index in [2.05, 4.69) is 37.3 Å². The lowest BCUT2D eigenvalue weighted by atomic mass is 10.0. The molecule has 3 aromatic rings. The molecule has 1 aliphatic heterocycles. The molecule has 3 aromatic carbocycles. The molecule has 27 heavy (non-hydrogen) atoms. The zero-order valence-corrected chi connectivity index (χ0v) is 15.5. The van der Waals surface area contributed by atoms with Crippen molar-refractivity contribution in [3.05, 3.63) is 83.9 Å². The van der Waals surface area contributed by atoms with Gasteiger partial charge in [-0.2, -0.15) is 0 Å². The number of hydrogen-bond acceptors (Lipinski definition) is 2. The number of carbonyl (C=O) groups excluding carboxylic acids is 1. The molecule has 136 valence electrons. The minimum atomic E-state index is 0.00441. The minimum absolute atomic E-state index is 0.00441. The average Bonchev–Trinajstić information content (AvgIpc) is 2.72. The van der Waals surface area contributed by atoms with E-state index >= 15 is 0 Å². The molecule has 0 N–H and O–H groups in total. The average molecular weight is 357 g/mol. The number of nitrogens with zero attached hydrogens (tertiary/aromatic N) is 1. The molecule has 0 spiro atoms. The van der Waals surface area contributed by atoms with Gasteiger partial charge in [-0.3, -0.25) is 4.79 Å². The molecule has 3 nitrogen and oxygen atoms in total. The van der Waals surface area contributed by atoms with E-state index in [1.54, 1.807) is 0 Å². The minimum Gasteiger partial charge on any atom is -0.484 e. The number of para-hydroxylation sites is 1. The van der Waals surface area contributed by atoms with Crippen LogP contribution in [0.15, 0.2) is 72.8 Å². The SMILES string of the molecule is Cc1ccc(-c2ccc(OCC(=O)N3CCCc4ccccc43)cc2)cc1. The summed E-state index contributed by atoms with van der Waals surface area (Å²) in [7, 11) is 0. The van der Waals surface area contributed by atoms with Crippen molar-refractivity contribution >= 4 is 11.6 Å². The predicted molar refractivity (Wildman–Crippen MR) is 109 cm³/mol. The van der Waals surface area contributed by atoms with Gasteiger partial charge in [0.1, 0.15) is 5.75 Å². The number of benzene rings is 3. The maximum Gasteiger partial charge on any atom is 0.264 e. The third-order valence-corrected chi connectivity index (χ3v) is 5.01. The van der Waals surface area contributed by atoms with Crippen LogP contribution < -0.4 is 9.64 Å². The molecule has 1 aliphatic rings. The highest BCUT2D eigenvalue weighted by Gasteiger charge is 2.22. The molecule has 0 bridgehead atoms. The van der Waals surface area contributed by atoms with E-state index in [9.17, 15) is 4.79 Å². The van der Waals surface area contributed by atoms with Crippen molar-refractivity contribution in [1.82, 2.24) is 0 Å². The maximum atomic E-state index is 12.7. The predicted octanol–water partition coefficient (Wildman–Crippen LogP) is 5.02. The van der Waals surface area contributed by atoms with E-state index in [4.69, 9.17) is 4.74 Å². The highest BCUT2D eigenvalue weighted by atomic mass is 16.5. The fraction of sp³-hybridized carbons (Fsp3) is 0.208. The first-order chi connectivity index (χ1) is 13.2. The Balaban J connectivity index is 1.40. The molecule has 0 saturated heterocycles. The van der Waals surface area contributed by atoms with Crippen LogP contribution in [0.2, 0.25) is 0 Å². The molecule has 4 rings (SSSR count). The van der Waals surface area contributed by atoms with E-state index in [-0.39, 0.29) is 12.5 Å². The topological polar surface area (TPSA) is 29.5 Å². The number of amides is 1. The summed E-state index contributed by atoms with van der Waals surface area (Å²) >= 11 is 0. The second-order valence-electron chi connectivity index (χ2n) is 6.96. The van der Waals surface area contributed by atoms with Crippen LogP contribution in [0.4, 0.5) is 5.69 Å². The first kappa shape index (κ1) is 17.3. The highest BCUT2D eigenvalue weighted by molar-refractivity contribution is 5.95. The first-order valence-corrected chi connectivity index (χ1v) is 9.39. The second kappa shape index (κ2) is 7.67. The van der Waals surface area contributed by atoms with Crippen LogP contribution in [0.25, 0.3) is 11.1 Å². The summed E-state index contributed by atoms with van der Waals surface area (Å²) in [5, 5.41) is 0. The largest absolute Gasteiger partial charge is 0.484 e. The third-order valence-electron chi connectivity index (χ3n) is 5.01. The Morgan fingerprint density at radius 3 is 2.33 bits per heavy atom. The molecule has 0 aromatic heterocycles. The van der Waals surface area contributed by atoms with Gasteiger partial charge in [0.05, 0.1) is 0 Å². The number of anilines is 1. The van der Waals surface area contributed by atoms with Gasteiger partial charge in [-0.1, -0.05) is 60.2 Å². The first-order valence-electron chi connectivity index (χ1n) is 9.39. The quantitative estimate of drug-likeness (QED) is 0.656. The Kier molecular flexibility index (Phi) is 4.93. The normalized spacial score (nSPS) is 13.1. The molecule has 3 heteroatoms. The smallest absolute Gasteiger partial charge is 0.264 e. The van der Waals surface area contributed by atoms with E-state index in [1.165, 1.54) is 16.7 Å². The number of carbonyl (C=O) groups is 1. The molecule has 0 aliphatic carbocycles. The van der Waals surface area contributed by atoms with Crippen molar-refractivity contribution in [2.24, 2.45) is 0 Å². The van der Waals surface area contributed by atoms with E-state index in [0.717, 1.165) is 30.6 Å². The van der Waals surface area contributed by atoms with Crippen molar-refractivity contribution in [2.75, 3.05) is 18.1 Å². The Hall–Kier alpha value is -3.07. The van der Waals surface area contributed by atoms with E-state index in [0.29, 0.717) is 5.75 Å². The summed E-state index contributed by atoms with van der Waals surface area (Å²) in [5.74, 6) is 0.717. The zero-order valence-electron chi connectivity index (χ0n) is 15.5. The molecule has 0 fully saturated rings. The van der Waals surface area contributed by atoms with Gasteiger partial charge < -0.3 is 9.64 Å². The van der Waals surface area contributed by atoms with E-state index < -0.39 is 0 Å². The van der Waals surface area contributed by atoms with Crippen LogP contribution in [0.1, 0.15) is 17.5 Å². The fourth-order valence-corrected chi connectivity index (χ4v) is 3.51. The maximum absolute atomic E-state index is 12.7. The van der Waals surface area contributed by atoms with E-state index in [1.807, 2.05) is 47.4 Å². The number of hydrogen-bond donors (Lipinski definition) is 0. The van der Waals surface area contributed by atoms with Gasteiger partial charge in [-0.05, 0) is 54.7 Å². The molecule has 1 heterocycles. The third kappa shape index (κ3) is 3.87. The van der Waals surface area contributed by atoms with Crippen molar-refractivity contribution in [3.63, 3.8) is 0 Å². The van der Waals surface area contributed by atoms with Crippen LogP contribution in [-0.2, 0) is 11.2 Å². The van der Waals surface area contributed by atoms with Gasteiger partial charge in [-0.25, -0.2) is 0 Å². The molecule has 0 unspecified atom stereocenters. The Labute approximate surface area is 160 Å². The molecule has 0 saturated carbocycles. The monoisotopic (exact) mass is 357 g/mol. The summed E-state index contributed by atoms with van der Waals surface area (Å²) < 4.78 is 5.75. The van der Waals surface area contributed by atoms with Crippen LogP contribution >= 0.6 is 0 Å². The Morgan fingerprint density at radius 2 is 1.59 bits per heavy atom. The van der Waals surface area contributed by atoms with Gasteiger partial charge in [0.15, 0.2) is 6.61 Å². The highest BCUT2D eigenvalue weighted by Crippen LogP contribution is 2.27. The molecule has 1 amide bonds. The van der Waals surface area contributed by atoms with Gasteiger partial charge >= 0.3 is 0 Å². The summed E-state index contributed by atoms with van der Waals surface area (Å²) in [4.78, 5) is 14.5. The van der Waals surface area contributed by atoms with Crippen LogP contribution in [0, 0.1) is 6.92 Å². The summed E-state index contributed by atoms with van der Waals surface area (Å²) in [5.41, 5.74) is 5.81. The standard InChI is InChI=1S/C24H23NO2/c1-18-8-10-19(11-9-18)20-12-14-22(15-13-20)27-17-24(26)25-16-4-6-21-5-2-3-7-23(21)25/h2-3,5,7-15H,4,6,16-17H2,1H3. The second-order valence-corrected chi connectivity index (χ2v) is 6.96. The van der Waals surface area contributed by atoms with Crippen molar-refractivity contribution < 1.29 is 9.53 Å². The molecular formula is C24H23NO2. The Bertz CT molecular complexity index is 929. The van der Waals surface area contributed by atoms with Gasteiger partial charge in [-0.15, -0.1) is 0 Å². The number of rotatable bonds is 4. The van der Waals surface area contributed by atoms with Crippen LogP contribution in [0.5, 0.6) is 5.75 Å². The molecule has 0 atom stereocenters. The lowest BCUT2D eigenvalue weighted by molar-refractivity contribution is -0.120. The van der Waals surface area contributed by atoms with Gasteiger partial charge in [0.2, 0.25) is 0 Å².